The van der Waals surface area contributed by atoms with Crippen LogP contribution in [0, 0.1) is 0 Å². The maximum atomic E-state index is 14.1. The van der Waals surface area contributed by atoms with E-state index in [1.165, 1.54) is 7.11 Å². The Kier molecular flexibility index (Phi) is 5.28. The molecule has 2 rings (SSSR count). The molecule has 1 unspecified atom stereocenters. The monoisotopic (exact) mass is 304 g/mol. The highest BCUT2D eigenvalue weighted by atomic mass is 19.3. The molecule has 0 saturated heterocycles. The largest absolute Gasteiger partial charge is 0.497 e. The molecule has 0 amide bonds. The zero-order valence-electron chi connectivity index (χ0n) is 12.3. The molecule has 0 bridgehead atoms. The summed E-state index contributed by atoms with van der Waals surface area (Å²) < 4.78 is 38.8. The molecule has 2 aromatic rings. The zero-order valence-corrected chi connectivity index (χ0v) is 12.3. The van der Waals surface area contributed by atoms with Crippen molar-refractivity contribution >= 4 is 0 Å². The Morgan fingerprint density at radius 2 is 1.73 bits per heavy atom. The summed E-state index contributed by atoms with van der Waals surface area (Å²) in [5.74, 6) is -2.56. The maximum absolute atomic E-state index is 14.1. The predicted molar refractivity (Wildman–Crippen MR) is 82.1 cm³/mol. The van der Waals surface area contributed by atoms with Crippen molar-refractivity contribution in [2.45, 2.75) is 18.6 Å². The van der Waals surface area contributed by atoms with Gasteiger partial charge in [0.15, 0.2) is 6.10 Å². The lowest BCUT2D eigenvalue weighted by Gasteiger charge is -2.25. The molecule has 1 atom stereocenters. The van der Waals surface area contributed by atoms with Gasteiger partial charge in [-0.1, -0.05) is 49.0 Å². The van der Waals surface area contributed by atoms with Gasteiger partial charge in [-0.2, -0.15) is 8.78 Å². The van der Waals surface area contributed by atoms with Gasteiger partial charge >= 0.3 is 0 Å². The summed E-state index contributed by atoms with van der Waals surface area (Å²) in [6.07, 6.45) is -0.775. The molecular weight excluding hydrogens is 286 g/mol. The molecule has 0 N–H and O–H groups in total. The van der Waals surface area contributed by atoms with Crippen LogP contribution in [0.25, 0.3) is 0 Å². The van der Waals surface area contributed by atoms with Crippen molar-refractivity contribution in [1.29, 1.82) is 0 Å². The van der Waals surface area contributed by atoms with Crippen LogP contribution in [0.4, 0.5) is 8.78 Å². The van der Waals surface area contributed by atoms with Gasteiger partial charge in [0.25, 0.3) is 5.92 Å². The smallest absolute Gasteiger partial charge is 0.295 e. The Balaban J connectivity index is 2.20. The van der Waals surface area contributed by atoms with Crippen molar-refractivity contribution in [3.63, 3.8) is 0 Å². The van der Waals surface area contributed by atoms with Crippen molar-refractivity contribution in [2.75, 3.05) is 7.11 Å². The Hall–Kier alpha value is -2.20. The first kappa shape index (κ1) is 16.2. The summed E-state index contributed by atoms with van der Waals surface area (Å²) in [5.41, 5.74) is 1.21. The molecule has 0 spiro atoms. The molecular formula is C18H18F2O2. The fourth-order valence-electron chi connectivity index (χ4n) is 2.07. The summed E-state index contributed by atoms with van der Waals surface area (Å²) >= 11 is 0. The second-order valence-electron chi connectivity index (χ2n) is 4.83. The van der Waals surface area contributed by atoms with Gasteiger partial charge < -0.3 is 9.47 Å². The summed E-state index contributed by atoms with van der Waals surface area (Å²) in [6.45, 7) is 3.31. The van der Waals surface area contributed by atoms with E-state index in [0.717, 1.165) is 5.56 Å². The van der Waals surface area contributed by atoms with E-state index < -0.39 is 12.0 Å². The summed E-state index contributed by atoms with van der Waals surface area (Å²) in [5, 5.41) is 0. The Morgan fingerprint density at radius 3 is 2.27 bits per heavy atom. The standard InChI is InChI=1S/C18H18F2O2/c1-3-18(19,20)17(15-9-11-16(21-2)12-10-15)22-13-14-7-5-4-6-8-14/h3-12,17H,1,13H2,2H3. The van der Waals surface area contributed by atoms with Crippen LogP contribution in [0.5, 0.6) is 5.75 Å². The van der Waals surface area contributed by atoms with E-state index in [2.05, 4.69) is 6.58 Å². The van der Waals surface area contributed by atoms with Crippen LogP contribution < -0.4 is 4.74 Å². The minimum absolute atomic E-state index is 0.0982. The number of ether oxygens (including phenoxy) is 2. The molecule has 2 nitrogen and oxygen atoms in total. The van der Waals surface area contributed by atoms with Gasteiger partial charge in [0.2, 0.25) is 0 Å². The highest BCUT2D eigenvalue weighted by molar-refractivity contribution is 5.30. The number of halogens is 2. The lowest BCUT2D eigenvalue weighted by molar-refractivity contribution is -0.115. The van der Waals surface area contributed by atoms with Crippen LogP contribution in [-0.2, 0) is 11.3 Å². The van der Waals surface area contributed by atoms with E-state index in [-0.39, 0.29) is 6.61 Å². The average molecular weight is 304 g/mol. The predicted octanol–water partition coefficient (Wildman–Crippen LogP) is 4.77. The van der Waals surface area contributed by atoms with E-state index in [0.29, 0.717) is 17.4 Å². The van der Waals surface area contributed by atoms with Crippen molar-refractivity contribution in [3.8, 4) is 5.75 Å². The molecule has 0 aliphatic carbocycles. The zero-order chi connectivity index (χ0) is 16.0. The Labute approximate surface area is 129 Å². The molecule has 4 heteroatoms. The van der Waals surface area contributed by atoms with Crippen molar-refractivity contribution in [3.05, 3.63) is 78.4 Å². The highest BCUT2D eigenvalue weighted by Crippen LogP contribution is 2.36. The van der Waals surface area contributed by atoms with Crippen LogP contribution in [0.2, 0.25) is 0 Å². The Morgan fingerprint density at radius 1 is 1.09 bits per heavy atom. The second-order valence-corrected chi connectivity index (χ2v) is 4.83. The third-order valence-electron chi connectivity index (χ3n) is 3.30. The van der Waals surface area contributed by atoms with E-state index in [1.54, 1.807) is 24.3 Å². The third-order valence-corrected chi connectivity index (χ3v) is 3.30. The van der Waals surface area contributed by atoms with Gasteiger partial charge in [-0.15, -0.1) is 0 Å². The molecule has 0 saturated carbocycles. The molecule has 0 aromatic heterocycles. The first-order chi connectivity index (χ1) is 10.6. The van der Waals surface area contributed by atoms with E-state index >= 15 is 0 Å². The van der Waals surface area contributed by atoms with Crippen LogP contribution in [0.15, 0.2) is 67.3 Å². The second kappa shape index (κ2) is 7.18. The van der Waals surface area contributed by atoms with E-state index in [1.807, 2.05) is 30.3 Å². The first-order valence-electron chi connectivity index (χ1n) is 6.87. The topological polar surface area (TPSA) is 18.5 Å². The van der Waals surface area contributed by atoms with Crippen LogP contribution in [0.3, 0.4) is 0 Å². The highest BCUT2D eigenvalue weighted by Gasteiger charge is 2.38. The fourth-order valence-corrected chi connectivity index (χ4v) is 2.07. The molecule has 0 aliphatic rings. The third kappa shape index (κ3) is 3.92. The summed E-state index contributed by atoms with van der Waals surface area (Å²) in [4.78, 5) is 0. The number of benzene rings is 2. The first-order valence-corrected chi connectivity index (χ1v) is 6.87. The number of hydrogen-bond donors (Lipinski definition) is 0. The normalized spacial score (nSPS) is 12.7. The molecule has 22 heavy (non-hydrogen) atoms. The number of methoxy groups -OCH3 is 1. The lowest BCUT2D eigenvalue weighted by Crippen LogP contribution is -2.26. The van der Waals surface area contributed by atoms with Crippen LogP contribution >= 0.6 is 0 Å². The molecule has 2 aromatic carbocycles. The van der Waals surface area contributed by atoms with E-state index in [4.69, 9.17) is 9.47 Å². The molecule has 0 fully saturated rings. The fraction of sp³-hybridized carbons (Fsp3) is 0.222. The van der Waals surface area contributed by atoms with Gasteiger partial charge in [0.05, 0.1) is 13.7 Å². The van der Waals surface area contributed by atoms with Gasteiger partial charge in [0, 0.05) is 0 Å². The SMILES string of the molecule is C=CC(F)(F)C(OCc1ccccc1)c1ccc(OC)cc1. The van der Waals surface area contributed by atoms with Gasteiger partial charge in [-0.05, 0) is 29.3 Å². The summed E-state index contributed by atoms with van der Waals surface area (Å²) in [6, 6.07) is 15.6. The minimum Gasteiger partial charge on any atom is -0.497 e. The van der Waals surface area contributed by atoms with Gasteiger partial charge in [-0.25, -0.2) is 0 Å². The van der Waals surface area contributed by atoms with Crippen molar-refractivity contribution < 1.29 is 18.3 Å². The number of alkyl halides is 2. The maximum Gasteiger partial charge on any atom is 0.295 e. The Bertz CT molecular complexity index is 594. The van der Waals surface area contributed by atoms with Crippen LogP contribution in [-0.4, -0.2) is 13.0 Å². The number of hydrogen-bond acceptors (Lipinski definition) is 2. The quantitative estimate of drug-likeness (QED) is 0.686. The molecule has 116 valence electrons. The average Bonchev–Trinajstić information content (AvgIpc) is 2.56. The summed E-state index contributed by atoms with van der Waals surface area (Å²) in [7, 11) is 1.52. The van der Waals surface area contributed by atoms with E-state index in [9.17, 15) is 8.78 Å². The number of rotatable bonds is 7. The van der Waals surface area contributed by atoms with Gasteiger partial charge in [-0.3, -0.25) is 0 Å². The molecule has 0 heterocycles. The lowest BCUT2D eigenvalue weighted by atomic mass is 10.0. The molecule has 0 aliphatic heterocycles. The van der Waals surface area contributed by atoms with Crippen molar-refractivity contribution in [2.24, 2.45) is 0 Å². The molecule has 0 radical (unpaired) electrons. The van der Waals surface area contributed by atoms with Crippen LogP contribution in [0.1, 0.15) is 17.2 Å². The minimum atomic E-state index is -3.16. The van der Waals surface area contributed by atoms with Gasteiger partial charge in [0.1, 0.15) is 5.75 Å². The van der Waals surface area contributed by atoms with Crippen molar-refractivity contribution in [1.82, 2.24) is 0 Å².